The van der Waals surface area contributed by atoms with Gasteiger partial charge in [0.25, 0.3) is 0 Å². The number of hydrogen-bond donors (Lipinski definition) is 0. The maximum absolute atomic E-state index is 5.41. The minimum absolute atomic E-state index is 0. The van der Waals surface area contributed by atoms with E-state index in [0.717, 1.165) is 23.6 Å². The van der Waals surface area contributed by atoms with E-state index in [2.05, 4.69) is 108 Å². The van der Waals surface area contributed by atoms with Crippen molar-refractivity contribution in [2.75, 3.05) is 0 Å². The van der Waals surface area contributed by atoms with Crippen molar-refractivity contribution in [2.24, 2.45) is 7.05 Å². The monoisotopic (exact) mass is 654 g/mol. The van der Waals surface area contributed by atoms with Crippen molar-refractivity contribution in [3.8, 4) is 0 Å². The second-order valence-corrected chi connectivity index (χ2v) is 10.1. The SMILES string of the molecule is CC1=C(c2cn(C)c(C([N-]c3c(C)cccc3C)c3c(C)cc(C)cc3C)n2)c2[c-]cccc2C1.[CH3-].[Hf]. The van der Waals surface area contributed by atoms with E-state index in [-0.39, 0.29) is 39.3 Å². The molecule has 0 fully saturated rings. The fourth-order valence-electron chi connectivity index (χ4n) is 5.65. The Morgan fingerprint density at radius 3 is 2.22 bits per heavy atom. The third-order valence-corrected chi connectivity index (χ3v) is 7.20. The van der Waals surface area contributed by atoms with E-state index < -0.39 is 0 Å². The van der Waals surface area contributed by atoms with Gasteiger partial charge < -0.3 is 17.3 Å². The number of nitrogens with zero attached hydrogens (tertiary/aromatic N) is 3. The molecule has 4 heteroatoms. The molecule has 1 aromatic heterocycles. The number of imidazole rings is 1. The van der Waals surface area contributed by atoms with Gasteiger partial charge >= 0.3 is 0 Å². The van der Waals surface area contributed by atoms with Crippen LogP contribution in [0.3, 0.4) is 0 Å². The summed E-state index contributed by atoms with van der Waals surface area (Å²) in [4.78, 5) is 5.27. The summed E-state index contributed by atoms with van der Waals surface area (Å²) in [6.07, 6.45) is 3.12. The van der Waals surface area contributed by atoms with Crippen molar-refractivity contribution in [1.82, 2.24) is 9.55 Å². The molecule has 0 amide bonds. The van der Waals surface area contributed by atoms with Crippen LogP contribution in [0.1, 0.15) is 69.0 Å². The molecule has 3 nitrogen and oxygen atoms in total. The first-order chi connectivity index (χ1) is 16.7. The quantitative estimate of drug-likeness (QED) is 0.157. The normalized spacial score (nSPS) is 13.1. The van der Waals surface area contributed by atoms with Gasteiger partial charge in [0.2, 0.25) is 0 Å². The van der Waals surface area contributed by atoms with Crippen molar-refractivity contribution in [3.63, 3.8) is 0 Å². The van der Waals surface area contributed by atoms with Crippen LogP contribution in [-0.2, 0) is 39.3 Å². The average molecular weight is 653 g/mol. The van der Waals surface area contributed by atoms with Crippen LogP contribution in [0.2, 0.25) is 0 Å². The fourth-order valence-corrected chi connectivity index (χ4v) is 5.65. The summed E-state index contributed by atoms with van der Waals surface area (Å²) in [7, 11) is 2.10. The number of para-hydroxylation sites is 1. The molecule has 37 heavy (non-hydrogen) atoms. The van der Waals surface area contributed by atoms with Gasteiger partial charge in [0, 0.05) is 44.8 Å². The van der Waals surface area contributed by atoms with Crippen molar-refractivity contribution in [1.29, 1.82) is 0 Å². The molecule has 0 aliphatic heterocycles. The Balaban J connectivity index is 0.00000190. The smallest absolute Gasteiger partial charge is 0.0974 e. The molecule has 0 bridgehead atoms. The van der Waals surface area contributed by atoms with Gasteiger partial charge in [-0.25, -0.2) is 4.98 Å². The standard InChI is InChI=1S/C32H33N3.CH3.Hf/c1-19-15-22(4)28(23(5)16-19)31(34-30-20(2)11-10-12-21(30)3)32-33-27(18-35(32)7)29-24(6)17-25-13-8-9-14-26(25)29;;/h8-13,15-16,18,31H,17H2,1-7H3;1H3;/q-2;-1;. The summed E-state index contributed by atoms with van der Waals surface area (Å²) >= 11 is 0. The van der Waals surface area contributed by atoms with Gasteiger partial charge in [-0.15, -0.1) is 46.7 Å². The van der Waals surface area contributed by atoms with E-state index in [1.807, 2.05) is 6.07 Å². The van der Waals surface area contributed by atoms with E-state index in [1.54, 1.807) is 0 Å². The van der Waals surface area contributed by atoms with Gasteiger partial charge in [0.1, 0.15) is 0 Å². The summed E-state index contributed by atoms with van der Waals surface area (Å²) in [5.74, 6) is 0.961. The number of benzene rings is 3. The molecule has 0 saturated carbocycles. The predicted molar refractivity (Wildman–Crippen MR) is 152 cm³/mol. The van der Waals surface area contributed by atoms with Gasteiger partial charge in [-0.05, 0) is 63.8 Å². The molecule has 3 aromatic carbocycles. The van der Waals surface area contributed by atoms with Crippen molar-refractivity contribution >= 4 is 11.3 Å². The van der Waals surface area contributed by atoms with Crippen LogP contribution in [0.25, 0.3) is 10.9 Å². The summed E-state index contributed by atoms with van der Waals surface area (Å²) in [5, 5.41) is 5.41. The van der Waals surface area contributed by atoms with E-state index in [9.17, 15) is 0 Å². The molecule has 5 rings (SSSR count). The summed E-state index contributed by atoms with van der Waals surface area (Å²) < 4.78 is 2.16. The van der Waals surface area contributed by atoms with Crippen LogP contribution in [0.5, 0.6) is 0 Å². The van der Waals surface area contributed by atoms with Crippen LogP contribution in [-0.4, -0.2) is 9.55 Å². The second-order valence-electron chi connectivity index (χ2n) is 10.1. The molecule has 1 atom stereocenters. The molecule has 190 valence electrons. The number of rotatable bonds is 5. The maximum atomic E-state index is 5.41. The molecule has 1 aliphatic carbocycles. The van der Waals surface area contributed by atoms with Crippen molar-refractivity contribution < 1.29 is 25.8 Å². The Morgan fingerprint density at radius 1 is 0.919 bits per heavy atom. The molecular formula is C33H36HfN3-3. The Labute approximate surface area is 241 Å². The molecule has 0 N–H and O–H groups in total. The Bertz CT molecular complexity index is 1430. The second kappa shape index (κ2) is 11.3. The fraction of sp³-hybridized carbons (Fsp3) is 0.273. The number of hydrogen-bond acceptors (Lipinski definition) is 1. The van der Waals surface area contributed by atoms with Crippen LogP contribution in [0.4, 0.5) is 5.69 Å². The molecule has 0 spiro atoms. The number of aromatic nitrogens is 2. The molecule has 0 saturated heterocycles. The van der Waals surface area contributed by atoms with Crippen LogP contribution in [0.15, 0.2) is 60.3 Å². The topological polar surface area (TPSA) is 31.9 Å². The largest absolute Gasteiger partial charge is 0.671 e. The van der Waals surface area contributed by atoms with E-state index in [1.165, 1.54) is 55.7 Å². The first-order valence-electron chi connectivity index (χ1n) is 12.3. The average Bonchev–Trinajstić information content (AvgIpc) is 3.32. The van der Waals surface area contributed by atoms with Crippen LogP contribution >= 0.6 is 0 Å². The Hall–Kier alpha value is -2.72. The molecule has 1 heterocycles. The first kappa shape index (κ1) is 28.8. The molecular weight excluding hydrogens is 617 g/mol. The summed E-state index contributed by atoms with van der Waals surface area (Å²) in [6, 6.07) is 20.4. The summed E-state index contributed by atoms with van der Waals surface area (Å²) in [6.45, 7) is 13.0. The zero-order chi connectivity index (χ0) is 24.9. The van der Waals surface area contributed by atoms with Gasteiger partial charge in [0.05, 0.1) is 5.82 Å². The van der Waals surface area contributed by atoms with Gasteiger partial charge in [-0.2, -0.15) is 0 Å². The van der Waals surface area contributed by atoms with Crippen molar-refractivity contribution in [2.45, 2.75) is 54.0 Å². The predicted octanol–water partition coefficient (Wildman–Crippen LogP) is 8.38. The van der Waals surface area contributed by atoms with Gasteiger partial charge in [-0.1, -0.05) is 59.5 Å². The number of allylic oxidation sites excluding steroid dienone is 1. The zero-order valence-electron chi connectivity index (χ0n) is 23.3. The number of aryl methyl sites for hydroxylation is 6. The molecule has 0 radical (unpaired) electrons. The molecule has 1 aliphatic rings. The van der Waals surface area contributed by atoms with Crippen molar-refractivity contribution in [3.05, 3.63) is 135 Å². The summed E-state index contributed by atoms with van der Waals surface area (Å²) in [5.41, 5.74) is 14.5. The van der Waals surface area contributed by atoms with Gasteiger partial charge in [0.15, 0.2) is 0 Å². The van der Waals surface area contributed by atoms with E-state index in [4.69, 9.17) is 10.3 Å². The van der Waals surface area contributed by atoms with Crippen LogP contribution < -0.4 is 0 Å². The van der Waals surface area contributed by atoms with E-state index in [0.29, 0.717) is 0 Å². The minimum atomic E-state index is -0.198. The Morgan fingerprint density at radius 2 is 1.57 bits per heavy atom. The Kier molecular flexibility index (Phi) is 8.85. The number of fused-ring (bicyclic) bond motifs is 1. The van der Waals surface area contributed by atoms with Gasteiger partial charge in [-0.3, -0.25) is 0 Å². The zero-order valence-corrected chi connectivity index (χ0v) is 26.9. The maximum Gasteiger partial charge on any atom is 0.0974 e. The first-order valence-corrected chi connectivity index (χ1v) is 12.3. The van der Waals surface area contributed by atoms with E-state index >= 15 is 0 Å². The third-order valence-electron chi connectivity index (χ3n) is 7.20. The van der Waals surface area contributed by atoms with Crippen LogP contribution in [0, 0.1) is 48.1 Å². The molecule has 4 aromatic rings. The minimum Gasteiger partial charge on any atom is -0.671 e. The molecule has 1 unspecified atom stereocenters. The third kappa shape index (κ3) is 5.31.